The first-order valence-corrected chi connectivity index (χ1v) is 5.23. The van der Waals surface area contributed by atoms with Crippen LogP contribution in [0.1, 0.15) is 18.1 Å². The molecular formula is C10H8F3IO. The lowest BCUT2D eigenvalue weighted by Gasteiger charge is -2.09. The van der Waals surface area contributed by atoms with Gasteiger partial charge in [0.1, 0.15) is 5.78 Å². The molecule has 5 heteroatoms. The Labute approximate surface area is 98.8 Å². The van der Waals surface area contributed by atoms with E-state index in [1.165, 1.54) is 13.0 Å². The van der Waals surface area contributed by atoms with Gasteiger partial charge in [0.05, 0.1) is 5.56 Å². The molecule has 0 heterocycles. The summed E-state index contributed by atoms with van der Waals surface area (Å²) in [5.74, 6) is -0.0623. The summed E-state index contributed by atoms with van der Waals surface area (Å²) in [6.07, 6.45) is -4.15. The van der Waals surface area contributed by atoms with E-state index in [1.807, 2.05) is 22.6 Å². The number of benzene rings is 1. The van der Waals surface area contributed by atoms with Gasteiger partial charge in [-0.3, -0.25) is 4.79 Å². The van der Waals surface area contributed by atoms with Crippen molar-refractivity contribution >= 4 is 28.4 Å². The number of carbonyl (C=O) groups is 1. The second kappa shape index (κ2) is 4.51. The number of halogens is 4. The molecule has 0 amide bonds. The van der Waals surface area contributed by atoms with E-state index < -0.39 is 11.7 Å². The molecule has 15 heavy (non-hydrogen) atoms. The fourth-order valence-corrected chi connectivity index (χ4v) is 1.84. The Balaban J connectivity index is 3.03. The van der Waals surface area contributed by atoms with Gasteiger partial charge in [0, 0.05) is 9.99 Å². The third-order valence-corrected chi connectivity index (χ3v) is 2.82. The Morgan fingerprint density at radius 1 is 1.40 bits per heavy atom. The van der Waals surface area contributed by atoms with Gasteiger partial charge in [-0.1, -0.05) is 6.07 Å². The van der Waals surface area contributed by atoms with Crippen LogP contribution in [0.3, 0.4) is 0 Å². The van der Waals surface area contributed by atoms with Crippen LogP contribution in [0.4, 0.5) is 13.2 Å². The molecule has 0 aliphatic carbocycles. The summed E-state index contributed by atoms with van der Waals surface area (Å²) >= 11 is 1.81. The molecule has 0 aliphatic heterocycles. The molecule has 1 nitrogen and oxygen atoms in total. The zero-order valence-electron chi connectivity index (χ0n) is 7.86. The first-order chi connectivity index (χ1) is 6.80. The van der Waals surface area contributed by atoms with Crippen molar-refractivity contribution in [3.63, 3.8) is 0 Å². The van der Waals surface area contributed by atoms with E-state index in [9.17, 15) is 18.0 Å². The first kappa shape index (κ1) is 12.5. The molecule has 0 unspecified atom stereocenters. The van der Waals surface area contributed by atoms with Gasteiger partial charge in [-0.25, -0.2) is 0 Å². The van der Waals surface area contributed by atoms with Crippen LogP contribution in [-0.4, -0.2) is 5.78 Å². The third-order valence-electron chi connectivity index (χ3n) is 1.82. The van der Waals surface area contributed by atoms with E-state index in [1.54, 1.807) is 0 Å². The summed E-state index contributed by atoms with van der Waals surface area (Å²) in [6.45, 7) is 1.41. The summed E-state index contributed by atoms with van der Waals surface area (Å²) in [5.41, 5.74) is -0.0460. The van der Waals surface area contributed by atoms with Crippen LogP contribution in [0, 0.1) is 3.57 Å². The lowest BCUT2D eigenvalue weighted by atomic mass is 10.1. The minimum absolute atomic E-state index is 0.0623. The van der Waals surface area contributed by atoms with Gasteiger partial charge in [0.2, 0.25) is 0 Å². The van der Waals surface area contributed by atoms with Gasteiger partial charge in [0.25, 0.3) is 0 Å². The van der Waals surface area contributed by atoms with Crippen molar-refractivity contribution in [2.24, 2.45) is 0 Å². The van der Waals surface area contributed by atoms with E-state index in [-0.39, 0.29) is 12.2 Å². The number of ketones is 1. The summed E-state index contributed by atoms with van der Waals surface area (Å²) in [7, 11) is 0. The topological polar surface area (TPSA) is 17.1 Å². The van der Waals surface area contributed by atoms with Crippen molar-refractivity contribution in [3.8, 4) is 0 Å². The van der Waals surface area contributed by atoms with Gasteiger partial charge in [0.15, 0.2) is 0 Å². The van der Waals surface area contributed by atoms with Crippen LogP contribution in [-0.2, 0) is 17.4 Å². The van der Waals surface area contributed by atoms with Crippen molar-refractivity contribution in [1.82, 2.24) is 0 Å². The highest BCUT2D eigenvalue weighted by molar-refractivity contribution is 14.1. The fourth-order valence-electron chi connectivity index (χ4n) is 1.14. The molecule has 82 valence electrons. The highest BCUT2D eigenvalue weighted by atomic mass is 127. The minimum Gasteiger partial charge on any atom is -0.300 e. The molecule has 1 aromatic rings. The lowest BCUT2D eigenvalue weighted by Crippen LogP contribution is -2.07. The Bertz CT molecular complexity index is 385. The van der Waals surface area contributed by atoms with Crippen LogP contribution in [0.5, 0.6) is 0 Å². The predicted molar refractivity (Wildman–Crippen MR) is 58.5 cm³/mol. The molecule has 0 aromatic heterocycles. The van der Waals surface area contributed by atoms with Crippen LogP contribution in [0.25, 0.3) is 0 Å². The summed E-state index contributed by atoms with van der Waals surface area (Å²) < 4.78 is 37.3. The monoisotopic (exact) mass is 328 g/mol. The van der Waals surface area contributed by atoms with Crippen molar-refractivity contribution in [3.05, 3.63) is 32.9 Å². The predicted octanol–water partition coefficient (Wildman–Crippen LogP) is 3.44. The third kappa shape index (κ3) is 3.48. The van der Waals surface area contributed by atoms with Crippen LogP contribution < -0.4 is 0 Å². The van der Waals surface area contributed by atoms with Crippen molar-refractivity contribution < 1.29 is 18.0 Å². The number of rotatable bonds is 2. The van der Waals surface area contributed by atoms with Gasteiger partial charge in [-0.15, -0.1) is 0 Å². The largest absolute Gasteiger partial charge is 0.416 e. The first-order valence-electron chi connectivity index (χ1n) is 4.16. The normalized spacial score (nSPS) is 11.5. The molecule has 0 atom stereocenters. The molecule has 0 saturated carbocycles. The average molecular weight is 328 g/mol. The van der Waals surface area contributed by atoms with Gasteiger partial charge in [-0.05, 0) is 47.2 Å². The van der Waals surface area contributed by atoms with Crippen LogP contribution >= 0.6 is 22.6 Å². The summed E-state index contributed by atoms with van der Waals surface area (Å²) in [5, 5.41) is 0. The molecule has 0 radical (unpaired) electrons. The van der Waals surface area contributed by atoms with E-state index in [0.29, 0.717) is 9.13 Å². The average Bonchev–Trinajstić information content (AvgIpc) is 2.05. The Morgan fingerprint density at radius 3 is 2.40 bits per heavy atom. The maximum atomic E-state index is 12.3. The number of hydrogen-bond acceptors (Lipinski definition) is 1. The molecule has 0 bridgehead atoms. The van der Waals surface area contributed by atoms with Gasteiger partial charge < -0.3 is 0 Å². The molecular weight excluding hydrogens is 320 g/mol. The van der Waals surface area contributed by atoms with Gasteiger partial charge >= 0.3 is 6.18 Å². The minimum atomic E-state index is -4.32. The number of Topliss-reactive ketones (excluding diaryl/α,β-unsaturated/α-hetero) is 1. The highest BCUT2D eigenvalue weighted by Gasteiger charge is 2.30. The Morgan fingerprint density at radius 2 is 2.00 bits per heavy atom. The zero-order chi connectivity index (χ0) is 11.6. The zero-order valence-corrected chi connectivity index (χ0v) is 10.0. The van der Waals surface area contributed by atoms with Crippen molar-refractivity contribution in [1.29, 1.82) is 0 Å². The number of alkyl halides is 3. The quantitative estimate of drug-likeness (QED) is 0.760. The standard InChI is InChI=1S/C10H8F3IO/c1-6(15)4-7-2-3-8(5-9(7)14)10(11,12)13/h2-3,5H,4H2,1H3. The summed E-state index contributed by atoms with van der Waals surface area (Å²) in [6, 6.07) is 3.41. The van der Waals surface area contributed by atoms with E-state index in [4.69, 9.17) is 0 Å². The number of hydrogen-bond donors (Lipinski definition) is 0. The second-order valence-corrected chi connectivity index (χ2v) is 4.34. The van der Waals surface area contributed by atoms with Gasteiger partial charge in [-0.2, -0.15) is 13.2 Å². The van der Waals surface area contributed by atoms with E-state index >= 15 is 0 Å². The highest BCUT2D eigenvalue weighted by Crippen LogP contribution is 2.31. The maximum absolute atomic E-state index is 12.3. The molecule has 1 rings (SSSR count). The second-order valence-electron chi connectivity index (χ2n) is 3.18. The van der Waals surface area contributed by atoms with Crippen LogP contribution in [0.15, 0.2) is 18.2 Å². The Kier molecular flexibility index (Phi) is 3.75. The lowest BCUT2D eigenvalue weighted by molar-refractivity contribution is -0.137. The summed E-state index contributed by atoms with van der Waals surface area (Å²) in [4.78, 5) is 10.8. The maximum Gasteiger partial charge on any atom is 0.416 e. The number of carbonyl (C=O) groups excluding carboxylic acids is 1. The Hall–Kier alpha value is -0.590. The molecule has 0 N–H and O–H groups in total. The smallest absolute Gasteiger partial charge is 0.300 e. The fraction of sp³-hybridized carbons (Fsp3) is 0.300. The molecule has 0 saturated heterocycles. The molecule has 1 aromatic carbocycles. The van der Waals surface area contributed by atoms with E-state index in [0.717, 1.165) is 12.1 Å². The van der Waals surface area contributed by atoms with Crippen molar-refractivity contribution in [2.45, 2.75) is 19.5 Å². The molecule has 0 fully saturated rings. The van der Waals surface area contributed by atoms with Crippen LogP contribution in [0.2, 0.25) is 0 Å². The SMILES string of the molecule is CC(=O)Cc1ccc(C(F)(F)F)cc1I. The van der Waals surface area contributed by atoms with E-state index in [2.05, 4.69) is 0 Å². The van der Waals surface area contributed by atoms with Crippen molar-refractivity contribution in [2.75, 3.05) is 0 Å². The molecule has 0 spiro atoms. The molecule has 0 aliphatic rings.